The third-order valence-electron chi connectivity index (χ3n) is 7.43. The Morgan fingerprint density at radius 2 is 1.64 bits per heavy atom. The number of alkyl halides is 3. The van der Waals surface area contributed by atoms with Gasteiger partial charge < -0.3 is 15.1 Å². The number of aliphatic hydroxyl groups is 2. The SMILES string of the molecule is C[C@](O)(c1ccc(C(=O)N(C2CC2)[C@H]2CC[C@H](C3C=CC=NC3CO)CC2)cc1)C(F)(F)F. The molecular formula is C25H31F3N2O3. The van der Waals surface area contributed by atoms with Gasteiger partial charge in [0.25, 0.3) is 5.91 Å². The topological polar surface area (TPSA) is 73.1 Å². The second-order valence-corrected chi connectivity index (χ2v) is 9.67. The molecule has 2 unspecified atom stereocenters. The number of hydrogen-bond acceptors (Lipinski definition) is 4. The molecule has 1 aromatic rings. The number of dihydropyridines is 1. The van der Waals surface area contributed by atoms with Crippen molar-refractivity contribution < 1.29 is 28.2 Å². The maximum Gasteiger partial charge on any atom is 0.421 e. The Labute approximate surface area is 192 Å². The molecule has 3 aliphatic rings. The standard InChI is InChI=1S/C25H31F3N2O3/c1-24(33,25(26,27)28)18-8-4-17(5-9-18)23(32)30(20-12-13-20)19-10-6-16(7-11-19)21-3-2-14-29-22(21)15-31/h2-5,8-9,14,16,19-22,31,33H,6-7,10-13,15H2,1H3/t16-,19-,21?,22?,24-/m0/s1. The van der Waals surface area contributed by atoms with Crippen molar-refractivity contribution in [3.8, 4) is 0 Å². The van der Waals surface area contributed by atoms with Crippen molar-refractivity contribution >= 4 is 12.1 Å². The van der Waals surface area contributed by atoms with Gasteiger partial charge in [-0.05, 0) is 75.1 Å². The fourth-order valence-electron chi connectivity index (χ4n) is 5.20. The Balaban J connectivity index is 1.44. The molecule has 2 N–H and O–H groups in total. The highest BCUT2D eigenvalue weighted by Crippen LogP contribution is 2.41. The summed E-state index contributed by atoms with van der Waals surface area (Å²) in [5.74, 6) is 0.460. The highest BCUT2D eigenvalue weighted by atomic mass is 19.4. The summed E-state index contributed by atoms with van der Waals surface area (Å²) in [6.07, 6.45) is 6.48. The van der Waals surface area contributed by atoms with Crippen molar-refractivity contribution in [2.75, 3.05) is 6.61 Å². The number of rotatable bonds is 6. The summed E-state index contributed by atoms with van der Waals surface area (Å²) in [6, 6.07) is 5.32. The number of carbonyl (C=O) groups is 1. The molecule has 1 aliphatic heterocycles. The monoisotopic (exact) mass is 464 g/mol. The second-order valence-electron chi connectivity index (χ2n) is 9.67. The zero-order chi connectivity index (χ0) is 23.8. The molecule has 2 saturated carbocycles. The summed E-state index contributed by atoms with van der Waals surface area (Å²) in [5.41, 5.74) is -2.91. The molecule has 0 bridgehead atoms. The van der Waals surface area contributed by atoms with Crippen molar-refractivity contribution in [3.63, 3.8) is 0 Å². The van der Waals surface area contributed by atoms with Gasteiger partial charge in [-0.3, -0.25) is 9.79 Å². The Morgan fingerprint density at radius 3 is 2.15 bits per heavy atom. The van der Waals surface area contributed by atoms with Gasteiger partial charge in [-0.25, -0.2) is 0 Å². The van der Waals surface area contributed by atoms with E-state index in [2.05, 4.69) is 11.1 Å². The number of hydrogen-bond donors (Lipinski definition) is 2. The maximum atomic E-state index is 13.3. The van der Waals surface area contributed by atoms with Crippen LogP contribution in [0.15, 0.2) is 41.4 Å². The Hall–Kier alpha value is -2.19. The Kier molecular flexibility index (Phi) is 6.69. The van der Waals surface area contributed by atoms with Crippen LogP contribution in [0.4, 0.5) is 13.2 Å². The largest absolute Gasteiger partial charge is 0.421 e. The number of nitrogens with zero attached hydrogens (tertiary/aromatic N) is 2. The van der Waals surface area contributed by atoms with Crippen LogP contribution in [0.2, 0.25) is 0 Å². The van der Waals surface area contributed by atoms with Crippen LogP contribution in [0.5, 0.6) is 0 Å². The zero-order valence-electron chi connectivity index (χ0n) is 18.7. The summed E-state index contributed by atoms with van der Waals surface area (Å²) in [5, 5.41) is 19.5. The molecule has 5 nitrogen and oxygen atoms in total. The molecule has 1 aromatic carbocycles. The van der Waals surface area contributed by atoms with Gasteiger partial charge in [-0.1, -0.05) is 18.2 Å². The summed E-state index contributed by atoms with van der Waals surface area (Å²) in [4.78, 5) is 19.7. The lowest BCUT2D eigenvalue weighted by Gasteiger charge is -2.40. The number of amides is 1. The van der Waals surface area contributed by atoms with E-state index >= 15 is 0 Å². The first-order chi connectivity index (χ1) is 15.6. The molecule has 1 heterocycles. The normalized spacial score (nSPS) is 29.5. The van der Waals surface area contributed by atoms with Crippen molar-refractivity contribution in [2.24, 2.45) is 16.8 Å². The van der Waals surface area contributed by atoms with Crippen LogP contribution in [0.1, 0.15) is 61.4 Å². The van der Waals surface area contributed by atoms with Crippen molar-refractivity contribution in [1.29, 1.82) is 0 Å². The molecule has 33 heavy (non-hydrogen) atoms. The van der Waals surface area contributed by atoms with E-state index in [0.717, 1.165) is 38.5 Å². The fraction of sp³-hybridized carbons (Fsp3) is 0.600. The molecule has 180 valence electrons. The predicted molar refractivity (Wildman–Crippen MR) is 119 cm³/mol. The lowest BCUT2D eigenvalue weighted by atomic mass is 9.74. The molecule has 0 spiro atoms. The van der Waals surface area contributed by atoms with E-state index < -0.39 is 11.8 Å². The summed E-state index contributed by atoms with van der Waals surface area (Å²) in [6.45, 7) is 0.738. The maximum absolute atomic E-state index is 13.3. The van der Waals surface area contributed by atoms with Gasteiger partial charge >= 0.3 is 6.18 Å². The minimum atomic E-state index is -4.80. The van der Waals surface area contributed by atoms with Crippen molar-refractivity contribution in [1.82, 2.24) is 4.90 Å². The lowest BCUT2D eigenvalue weighted by Crippen LogP contribution is -2.45. The molecule has 0 radical (unpaired) electrons. The van der Waals surface area contributed by atoms with Crippen LogP contribution < -0.4 is 0 Å². The molecule has 1 amide bonds. The van der Waals surface area contributed by atoms with Crippen LogP contribution in [0.3, 0.4) is 0 Å². The van der Waals surface area contributed by atoms with Gasteiger partial charge in [0, 0.05) is 29.8 Å². The number of benzene rings is 1. The van der Waals surface area contributed by atoms with E-state index in [1.807, 2.05) is 11.0 Å². The molecule has 8 heteroatoms. The van der Waals surface area contributed by atoms with E-state index in [4.69, 9.17) is 0 Å². The molecule has 4 rings (SSSR count). The minimum Gasteiger partial charge on any atom is -0.394 e. The van der Waals surface area contributed by atoms with Crippen molar-refractivity contribution in [2.45, 2.75) is 75.4 Å². The molecule has 0 aromatic heterocycles. The van der Waals surface area contributed by atoms with E-state index in [-0.39, 0.29) is 42.1 Å². The van der Waals surface area contributed by atoms with Gasteiger partial charge in [0.05, 0.1) is 12.6 Å². The van der Waals surface area contributed by atoms with E-state index in [1.54, 1.807) is 6.21 Å². The van der Waals surface area contributed by atoms with Crippen LogP contribution >= 0.6 is 0 Å². The molecule has 2 fully saturated rings. The number of aliphatic hydroxyl groups excluding tert-OH is 1. The average Bonchev–Trinajstić information content (AvgIpc) is 3.64. The first-order valence-electron chi connectivity index (χ1n) is 11.7. The fourth-order valence-corrected chi connectivity index (χ4v) is 5.20. The molecule has 3 atom stereocenters. The van der Waals surface area contributed by atoms with Gasteiger partial charge in [0.1, 0.15) is 0 Å². The Bertz CT molecular complexity index is 898. The Morgan fingerprint density at radius 1 is 1.06 bits per heavy atom. The first-order valence-corrected chi connectivity index (χ1v) is 11.7. The van der Waals surface area contributed by atoms with Gasteiger partial charge in [0.2, 0.25) is 0 Å². The first kappa shape index (κ1) is 24.0. The third-order valence-corrected chi connectivity index (χ3v) is 7.43. The molecule has 0 saturated heterocycles. The number of halogens is 3. The van der Waals surface area contributed by atoms with Gasteiger partial charge in [-0.2, -0.15) is 13.2 Å². The third kappa shape index (κ3) is 4.87. The minimum absolute atomic E-state index is 0.0232. The summed E-state index contributed by atoms with van der Waals surface area (Å²) >= 11 is 0. The highest BCUT2D eigenvalue weighted by Gasteiger charge is 2.51. The van der Waals surface area contributed by atoms with Crippen molar-refractivity contribution in [3.05, 3.63) is 47.5 Å². The van der Waals surface area contributed by atoms with E-state index in [9.17, 15) is 28.2 Å². The number of aliphatic imine (C=N–C) groups is 1. The predicted octanol–water partition coefficient (Wildman–Crippen LogP) is 4.24. The van der Waals surface area contributed by atoms with E-state index in [0.29, 0.717) is 18.4 Å². The summed E-state index contributed by atoms with van der Waals surface area (Å²) < 4.78 is 39.4. The van der Waals surface area contributed by atoms with Crippen LogP contribution in [-0.2, 0) is 5.60 Å². The second kappa shape index (κ2) is 9.22. The van der Waals surface area contributed by atoms with Crippen LogP contribution in [0.25, 0.3) is 0 Å². The lowest BCUT2D eigenvalue weighted by molar-refractivity contribution is -0.258. The van der Waals surface area contributed by atoms with E-state index in [1.165, 1.54) is 24.3 Å². The number of carbonyl (C=O) groups excluding carboxylic acids is 1. The molecule has 2 aliphatic carbocycles. The van der Waals surface area contributed by atoms with Gasteiger partial charge in [-0.15, -0.1) is 0 Å². The van der Waals surface area contributed by atoms with Crippen LogP contribution in [0, 0.1) is 11.8 Å². The highest BCUT2D eigenvalue weighted by molar-refractivity contribution is 5.95. The quantitative estimate of drug-likeness (QED) is 0.662. The molecular weight excluding hydrogens is 433 g/mol. The average molecular weight is 465 g/mol. The van der Waals surface area contributed by atoms with Crippen LogP contribution in [-0.4, -0.2) is 58.1 Å². The number of allylic oxidation sites excluding steroid dienone is 1. The van der Waals surface area contributed by atoms with Gasteiger partial charge in [0.15, 0.2) is 5.60 Å². The smallest absolute Gasteiger partial charge is 0.394 e. The zero-order valence-corrected chi connectivity index (χ0v) is 18.7. The summed E-state index contributed by atoms with van der Waals surface area (Å²) in [7, 11) is 0.